The van der Waals surface area contributed by atoms with Crippen molar-refractivity contribution in [1.29, 1.82) is 0 Å². The highest BCUT2D eigenvalue weighted by Crippen LogP contribution is 2.18. The van der Waals surface area contributed by atoms with Gasteiger partial charge in [0.15, 0.2) is 0 Å². The van der Waals surface area contributed by atoms with Crippen molar-refractivity contribution >= 4 is 11.6 Å². The van der Waals surface area contributed by atoms with Gasteiger partial charge in [-0.3, -0.25) is 4.40 Å². The van der Waals surface area contributed by atoms with Crippen LogP contribution >= 0.6 is 0 Å². The minimum atomic E-state index is 0.786. The summed E-state index contributed by atoms with van der Waals surface area (Å²) in [5.74, 6) is 1.84. The second-order valence-electron chi connectivity index (χ2n) is 3.62. The first-order chi connectivity index (χ1) is 6.93. The number of imidazole rings is 1. The van der Waals surface area contributed by atoms with Crippen LogP contribution in [0.2, 0.25) is 0 Å². The van der Waals surface area contributed by atoms with E-state index in [0.717, 1.165) is 24.7 Å². The van der Waals surface area contributed by atoms with Gasteiger partial charge in [-0.25, -0.2) is 4.98 Å². The summed E-state index contributed by atoms with van der Waals surface area (Å²) < 4.78 is 1.97. The van der Waals surface area contributed by atoms with Crippen LogP contribution < -0.4 is 4.90 Å². The topological polar surface area (TPSA) is 33.4 Å². The van der Waals surface area contributed by atoms with Crippen LogP contribution in [0.15, 0.2) is 24.7 Å². The molecule has 3 heterocycles. The summed E-state index contributed by atoms with van der Waals surface area (Å²) in [6, 6.07) is 1.92. The third-order valence-electron chi connectivity index (χ3n) is 2.65. The van der Waals surface area contributed by atoms with Crippen molar-refractivity contribution in [3.8, 4) is 0 Å². The van der Waals surface area contributed by atoms with Crippen LogP contribution in [0.3, 0.4) is 0 Å². The summed E-state index contributed by atoms with van der Waals surface area (Å²) in [7, 11) is 0. The number of hydrogen-bond donors (Lipinski definition) is 0. The first kappa shape index (κ1) is 7.79. The van der Waals surface area contributed by atoms with Gasteiger partial charge in [0, 0.05) is 25.5 Å². The molecule has 0 aromatic carbocycles. The maximum absolute atomic E-state index is 4.47. The van der Waals surface area contributed by atoms with E-state index in [9.17, 15) is 0 Å². The van der Waals surface area contributed by atoms with Crippen LogP contribution in [0.4, 0.5) is 5.82 Å². The molecule has 0 spiro atoms. The summed E-state index contributed by atoms with van der Waals surface area (Å²) in [4.78, 5) is 11.0. The molecule has 0 saturated carbocycles. The van der Waals surface area contributed by atoms with Crippen LogP contribution in [0, 0.1) is 0 Å². The van der Waals surface area contributed by atoms with E-state index in [-0.39, 0.29) is 0 Å². The highest BCUT2D eigenvalue weighted by Gasteiger charge is 2.15. The zero-order chi connectivity index (χ0) is 9.38. The quantitative estimate of drug-likeness (QED) is 0.677. The number of anilines is 1. The monoisotopic (exact) mass is 188 g/mol. The van der Waals surface area contributed by atoms with Crippen LogP contribution in [0.25, 0.3) is 5.78 Å². The molecule has 0 N–H and O–H groups in total. The summed E-state index contributed by atoms with van der Waals surface area (Å²) in [5.41, 5.74) is 0. The van der Waals surface area contributed by atoms with Gasteiger partial charge in [0.1, 0.15) is 5.82 Å². The number of aromatic nitrogens is 3. The SMILES string of the molecule is c1cnc2nc(N3CCCC3)cn2c1. The lowest BCUT2D eigenvalue weighted by Gasteiger charge is -2.12. The molecule has 0 atom stereocenters. The van der Waals surface area contributed by atoms with Crippen LogP contribution in [0.5, 0.6) is 0 Å². The van der Waals surface area contributed by atoms with E-state index in [1.807, 2.05) is 22.9 Å². The van der Waals surface area contributed by atoms with E-state index in [4.69, 9.17) is 0 Å². The van der Waals surface area contributed by atoms with Gasteiger partial charge >= 0.3 is 0 Å². The second kappa shape index (κ2) is 2.97. The zero-order valence-electron chi connectivity index (χ0n) is 7.93. The Hall–Kier alpha value is -1.58. The molecule has 1 saturated heterocycles. The standard InChI is InChI=1S/C10H12N4/c1-2-6-13(5-1)9-8-14-7-3-4-11-10(14)12-9/h3-4,7-8H,1-2,5-6H2. The first-order valence-corrected chi connectivity index (χ1v) is 4.98. The zero-order valence-corrected chi connectivity index (χ0v) is 7.93. The van der Waals surface area contributed by atoms with Gasteiger partial charge in [0.05, 0.1) is 6.20 Å². The molecule has 2 aromatic heterocycles. The lowest BCUT2D eigenvalue weighted by Crippen LogP contribution is -2.17. The fourth-order valence-corrected chi connectivity index (χ4v) is 1.92. The number of rotatable bonds is 1. The molecule has 0 bridgehead atoms. The van der Waals surface area contributed by atoms with E-state index in [1.54, 1.807) is 6.20 Å². The summed E-state index contributed by atoms with van der Waals surface area (Å²) in [6.07, 6.45) is 8.36. The fraction of sp³-hybridized carbons (Fsp3) is 0.400. The molecule has 1 fully saturated rings. The Bertz CT molecular complexity index is 409. The van der Waals surface area contributed by atoms with Crippen molar-refractivity contribution in [1.82, 2.24) is 14.4 Å². The normalized spacial score (nSPS) is 16.7. The van der Waals surface area contributed by atoms with Crippen molar-refractivity contribution in [2.45, 2.75) is 12.8 Å². The molecule has 72 valence electrons. The molecule has 0 amide bonds. The van der Waals surface area contributed by atoms with Crippen molar-refractivity contribution in [3.05, 3.63) is 24.7 Å². The largest absolute Gasteiger partial charge is 0.355 e. The predicted octanol–water partition coefficient (Wildman–Crippen LogP) is 1.33. The molecular weight excluding hydrogens is 176 g/mol. The fourth-order valence-electron chi connectivity index (χ4n) is 1.92. The van der Waals surface area contributed by atoms with Crippen molar-refractivity contribution in [3.63, 3.8) is 0 Å². The lowest BCUT2D eigenvalue weighted by atomic mass is 10.4. The Morgan fingerprint density at radius 2 is 2.07 bits per heavy atom. The van der Waals surface area contributed by atoms with Gasteiger partial charge < -0.3 is 4.90 Å². The van der Waals surface area contributed by atoms with E-state index in [0.29, 0.717) is 0 Å². The van der Waals surface area contributed by atoms with Crippen molar-refractivity contribution in [2.24, 2.45) is 0 Å². The lowest BCUT2D eigenvalue weighted by molar-refractivity contribution is 0.947. The van der Waals surface area contributed by atoms with E-state index in [2.05, 4.69) is 14.9 Å². The van der Waals surface area contributed by atoms with Gasteiger partial charge in [-0.05, 0) is 18.9 Å². The highest BCUT2D eigenvalue weighted by atomic mass is 15.2. The second-order valence-corrected chi connectivity index (χ2v) is 3.62. The smallest absolute Gasteiger partial charge is 0.235 e. The maximum atomic E-state index is 4.47. The first-order valence-electron chi connectivity index (χ1n) is 4.98. The molecule has 3 rings (SSSR count). The van der Waals surface area contributed by atoms with E-state index >= 15 is 0 Å². The van der Waals surface area contributed by atoms with Crippen molar-refractivity contribution < 1.29 is 0 Å². The molecule has 2 aromatic rings. The van der Waals surface area contributed by atoms with E-state index < -0.39 is 0 Å². The summed E-state index contributed by atoms with van der Waals surface area (Å²) in [5, 5.41) is 0. The van der Waals surface area contributed by atoms with Gasteiger partial charge in [0.25, 0.3) is 0 Å². The molecule has 14 heavy (non-hydrogen) atoms. The van der Waals surface area contributed by atoms with Crippen LogP contribution in [-0.4, -0.2) is 27.5 Å². The minimum absolute atomic E-state index is 0.786. The minimum Gasteiger partial charge on any atom is -0.355 e. The van der Waals surface area contributed by atoms with E-state index in [1.165, 1.54) is 12.8 Å². The highest BCUT2D eigenvalue weighted by molar-refractivity contribution is 5.46. The van der Waals surface area contributed by atoms with Gasteiger partial charge in [-0.15, -0.1) is 0 Å². The average Bonchev–Trinajstić information content (AvgIpc) is 2.86. The maximum Gasteiger partial charge on any atom is 0.235 e. The molecule has 4 heteroatoms. The number of hydrogen-bond acceptors (Lipinski definition) is 3. The number of fused-ring (bicyclic) bond motifs is 1. The van der Waals surface area contributed by atoms with Crippen LogP contribution in [-0.2, 0) is 0 Å². The molecule has 4 nitrogen and oxygen atoms in total. The molecule has 0 aliphatic carbocycles. The Morgan fingerprint density at radius 1 is 1.21 bits per heavy atom. The molecule has 0 radical (unpaired) electrons. The van der Waals surface area contributed by atoms with Gasteiger partial charge in [-0.2, -0.15) is 4.98 Å². The Labute approximate surface area is 82.2 Å². The van der Waals surface area contributed by atoms with Gasteiger partial charge in [-0.1, -0.05) is 0 Å². The summed E-state index contributed by atoms with van der Waals surface area (Å²) in [6.45, 7) is 2.26. The number of nitrogens with zero attached hydrogens (tertiary/aromatic N) is 4. The third-order valence-corrected chi connectivity index (χ3v) is 2.65. The Kier molecular flexibility index (Phi) is 1.65. The summed E-state index contributed by atoms with van der Waals surface area (Å²) >= 11 is 0. The van der Waals surface area contributed by atoms with Crippen LogP contribution in [0.1, 0.15) is 12.8 Å². The molecular formula is C10H12N4. The molecule has 0 unspecified atom stereocenters. The van der Waals surface area contributed by atoms with Crippen molar-refractivity contribution in [2.75, 3.05) is 18.0 Å². The predicted molar refractivity (Wildman–Crippen MR) is 54.4 cm³/mol. The van der Waals surface area contributed by atoms with Gasteiger partial charge in [0.2, 0.25) is 5.78 Å². The average molecular weight is 188 g/mol. The Morgan fingerprint density at radius 3 is 2.86 bits per heavy atom. The molecule has 1 aliphatic heterocycles. The molecule has 1 aliphatic rings. The third kappa shape index (κ3) is 1.14. The Balaban J connectivity index is 2.05.